The van der Waals surface area contributed by atoms with E-state index in [1.165, 1.54) is 6.42 Å². The first-order valence-corrected chi connectivity index (χ1v) is 8.18. The average molecular weight is 321 g/mol. The SMILES string of the molecule is O=C(NCC1(CO)CCCCC1)c1ccc2[nH]ccc2c1Cl. The molecule has 1 aliphatic carbocycles. The molecule has 0 atom stereocenters. The zero-order valence-electron chi connectivity index (χ0n) is 12.5. The standard InChI is InChI=1S/C17H21ClN2O2/c18-15-12-6-9-19-14(12)5-4-13(15)16(22)20-10-17(11-21)7-2-1-3-8-17/h4-6,9,19,21H,1-3,7-8,10-11H2,(H,20,22). The molecule has 4 nitrogen and oxygen atoms in total. The molecular weight excluding hydrogens is 300 g/mol. The second kappa shape index (κ2) is 6.31. The fraction of sp³-hybridized carbons (Fsp3) is 0.471. The van der Waals surface area contributed by atoms with Gasteiger partial charge in [0, 0.05) is 29.1 Å². The molecule has 1 saturated carbocycles. The van der Waals surface area contributed by atoms with Crippen molar-refractivity contribution in [2.24, 2.45) is 5.41 Å². The van der Waals surface area contributed by atoms with Crippen molar-refractivity contribution < 1.29 is 9.90 Å². The van der Waals surface area contributed by atoms with E-state index in [9.17, 15) is 9.90 Å². The summed E-state index contributed by atoms with van der Waals surface area (Å²) in [5.41, 5.74) is 1.23. The van der Waals surface area contributed by atoms with E-state index < -0.39 is 0 Å². The number of amides is 1. The van der Waals surface area contributed by atoms with E-state index in [2.05, 4.69) is 10.3 Å². The highest BCUT2D eigenvalue weighted by Gasteiger charge is 2.32. The fourth-order valence-corrected chi connectivity index (χ4v) is 3.64. The number of benzene rings is 1. The van der Waals surface area contributed by atoms with E-state index in [0.29, 0.717) is 17.1 Å². The number of aliphatic hydroxyl groups excluding tert-OH is 1. The minimum absolute atomic E-state index is 0.123. The maximum atomic E-state index is 12.4. The first-order chi connectivity index (χ1) is 10.7. The molecule has 22 heavy (non-hydrogen) atoms. The molecule has 0 unspecified atom stereocenters. The number of hydrogen-bond donors (Lipinski definition) is 3. The quantitative estimate of drug-likeness (QED) is 0.807. The van der Waals surface area contributed by atoms with Crippen LogP contribution in [0.2, 0.25) is 5.02 Å². The summed E-state index contributed by atoms with van der Waals surface area (Å²) in [6.07, 6.45) is 7.19. The number of fused-ring (bicyclic) bond motifs is 1. The molecule has 118 valence electrons. The van der Waals surface area contributed by atoms with Gasteiger partial charge in [-0.05, 0) is 31.0 Å². The molecule has 0 aliphatic heterocycles. The number of aromatic nitrogens is 1. The van der Waals surface area contributed by atoms with Crippen molar-refractivity contribution >= 4 is 28.4 Å². The highest BCUT2D eigenvalue weighted by molar-refractivity contribution is 6.38. The van der Waals surface area contributed by atoms with Crippen LogP contribution in [0.4, 0.5) is 0 Å². The molecule has 1 heterocycles. The van der Waals surface area contributed by atoms with Gasteiger partial charge in [-0.15, -0.1) is 0 Å². The van der Waals surface area contributed by atoms with Crippen molar-refractivity contribution in [3.8, 4) is 0 Å². The average Bonchev–Trinajstić information content (AvgIpc) is 3.03. The predicted molar refractivity (Wildman–Crippen MR) is 88.2 cm³/mol. The van der Waals surface area contributed by atoms with Gasteiger partial charge in [0.1, 0.15) is 0 Å². The summed E-state index contributed by atoms with van der Waals surface area (Å²) in [6.45, 7) is 0.627. The van der Waals surface area contributed by atoms with Crippen molar-refractivity contribution in [3.05, 3.63) is 35.0 Å². The van der Waals surface area contributed by atoms with Crippen LogP contribution in [0.1, 0.15) is 42.5 Å². The van der Waals surface area contributed by atoms with Crippen LogP contribution >= 0.6 is 11.6 Å². The Labute approximate surface area is 134 Å². The molecule has 5 heteroatoms. The molecule has 3 rings (SSSR count). The lowest BCUT2D eigenvalue weighted by molar-refractivity contribution is 0.0718. The number of aromatic amines is 1. The number of H-pyrrole nitrogens is 1. The molecule has 1 aromatic heterocycles. The number of aliphatic hydroxyl groups is 1. The second-order valence-corrected chi connectivity index (χ2v) is 6.65. The Morgan fingerprint density at radius 1 is 1.27 bits per heavy atom. The van der Waals surface area contributed by atoms with Crippen LogP contribution in [0.15, 0.2) is 24.4 Å². The van der Waals surface area contributed by atoms with Crippen molar-refractivity contribution in [1.29, 1.82) is 0 Å². The maximum Gasteiger partial charge on any atom is 0.252 e. The Kier molecular flexibility index (Phi) is 4.41. The third kappa shape index (κ3) is 2.85. The van der Waals surface area contributed by atoms with Crippen LogP contribution < -0.4 is 5.32 Å². The normalized spacial score (nSPS) is 17.5. The zero-order valence-corrected chi connectivity index (χ0v) is 13.2. The number of carbonyl (C=O) groups excluding carboxylic acids is 1. The number of hydrogen-bond acceptors (Lipinski definition) is 2. The third-order valence-corrected chi connectivity index (χ3v) is 5.19. The van der Waals surface area contributed by atoms with Crippen molar-refractivity contribution in [2.75, 3.05) is 13.2 Å². The molecule has 0 radical (unpaired) electrons. The van der Waals surface area contributed by atoms with Gasteiger partial charge in [-0.3, -0.25) is 4.79 Å². The molecule has 0 bridgehead atoms. The van der Waals surface area contributed by atoms with Crippen molar-refractivity contribution in [1.82, 2.24) is 10.3 Å². The van der Waals surface area contributed by atoms with E-state index >= 15 is 0 Å². The monoisotopic (exact) mass is 320 g/mol. The summed E-state index contributed by atoms with van der Waals surface area (Å²) >= 11 is 6.34. The third-order valence-electron chi connectivity index (χ3n) is 4.79. The molecule has 1 aliphatic rings. The topological polar surface area (TPSA) is 65.1 Å². The lowest BCUT2D eigenvalue weighted by atomic mass is 9.74. The minimum atomic E-state index is -0.175. The Balaban J connectivity index is 1.74. The van der Waals surface area contributed by atoms with Gasteiger partial charge in [0.05, 0.1) is 17.2 Å². The summed E-state index contributed by atoms with van der Waals surface area (Å²) in [5, 5.41) is 14.0. The Morgan fingerprint density at radius 2 is 2.05 bits per heavy atom. The molecule has 2 aromatic rings. The smallest absolute Gasteiger partial charge is 0.252 e. The molecule has 1 amide bonds. The van der Waals surface area contributed by atoms with Gasteiger partial charge in [0.15, 0.2) is 0 Å². The van der Waals surface area contributed by atoms with Crippen LogP contribution in [-0.2, 0) is 0 Å². The first-order valence-electron chi connectivity index (χ1n) is 7.80. The minimum Gasteiger partial charge on any atom is -0.396 e. The zero-order chi connectivity index (χ0) is 15.6. The van der Waals surface area contributed by atoms with Gasteiger partial charge in [-0.25, -0.2) is 0 Å². The van der Waals surface area contributed by atoms with E-state index in [1.54, 1.807) is 12.3 Å². The molecule has 1 fully saturated rings. The van der Waals surface area contributed by atoms with Gasteiger partial charge < -0.3 is 15.4 Å². The second-order valence-electron chi connectivity index (χ2n) is 6.27. The van der Waals surface area contributed by atoms with Gasteiger partial charge in [0.2, 0.25) is 0 Å². The van der Waals surface area contributed by atoms with Gasteiger partial charge in [-0.1, -0.05) is 30.9 Å². The van der Waals surface area contributed by atoms with E-state index in [1.807, 2.05) is 12.1 Å². The first kappa shape index (κ1) is 15.4. The number of halogens is 1. The van der Waals surface area contributed by atoms with Crippen molar-refractivity contribution in [2.45, 2.75) is 32.1 Å². The van der Waals surface area contributed by atoms with E-state index in [-0.39, 0.29) is 17.9 Å². The van der Waals surface area contributed by atoms with Gasteiger partial charge in [-0.2, -0.15) is 0 Å². The highest BCUT2D eigenvalue weighted by Crippen LogP contribution is 2.35. The highest BCUT2D eigenvalue weighted by atomic mass is 35.5. The summed E-state index contributed by atoms with van der Waals surface area (Å²) in [5.74, 6) is -0.175. The largest absolute Gasteiger partial charge is 0.396 e. The Morgan fingerprint density at radius 3 is 2.77 bits per heavy atom. The molecule has 3 N–H and O–H groups in total. The lowest BCUT2D eigenvalue weighted by Crippen LogP contribution is -2.41. The maximum absolute atomic E-state index is 12.4. The number of rotatable bonds is 4. The fourth-order valence-electron chi connectivity index (χ4n) is 3.33. The molecule has 1 aromatic carbocycles. The number of nitrogens with one attached hydrogen (secondary N) is 2. The number of carbonyl (C=O) groups is 1. The van der Waals surface area contributed by atoms with E-state index in [4.69, 9.17) is 11.6 Å². The Hall–Kier alpha value is -1.52. The van der Waals surface area contributed by atoms with Crippen LogP contribution in [-0.4, -0.2) is 29.1 Å². The van der Waals surface area contributed by atoms with Gasteiger partial charge in [0.25, 0.3) is 5.91 Å². The lowest BCUT2D eigenvalue weighted by Gasteiger charge is -2.35. The van der Waals surface area contributed by atoms with Crippen LogP contribution in [0.3, 0.4) is 0 Å². The molecular formula is C17H21ClN2O2. The van der Waals surface area contributed by atoms with Gasteiger partial charge >= 0.3 is 0 Å². The van der Waals surface area contributed by atoms with Crippen LogP contribution in [0, 0.1) is 5.41 Å². The van der Waals surface area contributed by atoms with Crippen LogP contribution in [0.25, 0.3) is 10.9 Å². The molecule has 0 spiro atoms. The van der Waals surface area contributed by atoms with Crippen LogP contribution in [0.5, 0.6) is 0 Å². The van der Waals surface area contributed by atoms with Crippen molar-refractivity contribution in [3.63, 3.8) is 0 Å². The summed E-state index contributed by atoms with van der Waals surface area (Å²) < 4.78 is 0. The Bertz CT molecular complexity index is 674. The molecule has 0 saturated heterocycles. The van der Waals surface area contributed by atoms with E-state index in [0.717, 1.165) is 36.6 Å². The summed E-state index contributed by atoms with van der Waals surface area (Å²) in [4.78, 5) is 15.5. The summed E-state index contributed by atoms with van der Waals surface area (Å²) in [7, 11) is 0. The summed E-state index contributed by atoms with van der Waals surface area (Å²) in [6, 6.07) is 5.46. The predicted octanol–water partition coefficient (Wildman–Crippen LogP) is 3.49.